The van der Waals surface area contributed by atoms with E-state index >= 15 is 0 Å². The molecule has 0 saturated heterocycles. The molecule has 0 spiro atoms. The first kappa shape index (κ1) is 45.2. The Morgan fingerprint density at radius 1 is 0.453 bits per heavy atom. The van der Waals surface area contributed by atoms with E-state index in [9.17, 15) is 0 Å². The van der Waals surface area contributed by atoms with Crippen LogP contribution < -0.4 is 10.4 Å². The summed E-state index contributed by atoms with van der Waals surface area (Å²) in [6, 6.07) is 79.6. The molecule has 0 fully saturated rings. The van der Waals surface area contributed by atoms with Crippen molar-refractivity contribution in [3.8, 4) is 55.6 Å². The summed E-state index contributed by atoms with van der Waals surface area (Å²) < 4.78 is 0. The van der Waals surface area contributed by atoms with Gasteiger partial charge in [-0.05, 0) is 35.1 Å². The molecule has 64 heavy (non-hydrogen) atoms. The summed E-state index contributed by atoms with van der Waals surface area (Å²) in [5.41, 5.74) is 16.2. The largest absolute Gasteiger partial charge is 0.184 e. The molecular formula is C60H49Cl2SiZr-3. The first-order valence-electron chi connectivity index (χ1n) is 22.1. The van der Waals surface area contributed by atoms with E-state index in [2.05, 4.69) is 226 Å². The number of halogens is 2. The summed E-state index contributed by atoms with van der Waals surface area (Å²) in [6.07, 6.45) is 4.59. The van der Waals surface area contributed by atoms with Crippen LogP contribution in [-0.4, -0.2) is 9.52 Å². The number of aryl methyl sites for hydroxylation is 2. The summed E-state index contributed by atoms with van der Waals surface area (Å²) in [6.45, 7) is 4.49. The van der Waals surface area contributed by atoms with Crippen LogP contribution in [0.15, 0.2) is 212 Å². The minimum atomic E-state index is -0.826. The Kier molecular flexibility index (Phi) is 15.9. The van der Waals surface area contributed by atoms with Crippen LogP contribution in [0.2, 0.25) is 0 Å². The van der Waals surface area contributed by atoms with Gasteiger partial charge in [0.1, 0.15) is 0 Å². The summed E-state index contributed by atoms with van der Waals surface area (Å²) in [7, 11) is 10.7. The molecule has 0 unspecified atom stereocenters. The van der Waals surface area contributed by atoms with Crippen molar-refractivity contribution in [2.45, 2.75) is 39.5 Å². The molecule has 0 amide bonds. The second kappa shape index (κ2) is 22.5. The Balaban J connectivity index is 0.000000132. The van der Waals surface area contributed by atoms with Gasteiger partial charge in [-0.2, -0.15) is 29.5 Å². The van der Waals surface area contributed by atoms with E-state index in [-0.39, 0.29) is 0 Å². The van der Waals surface area contributed by atoms with Crippen LogP contribution in [-0.2, 0) is 33.7 Å². The number of benzene rings is 8. The molecule has 0 N–H and O–H groups in total. The molecule has 11 rings (SSSR count). The van der Waals surface area contributed by atoms with Crippen LogP contribution in [0.1, 0.15) is 37.8 Å². The normalized spacial score (nSPS) is 11.0. The predicted molar refractivity (Wildman–Crippen MR) is 276 cm³/mol. The van der Waals surface area contributed by atoms with E-state index in [1.807, 2.05) is 6.07 Å². The van der Waals surface area contributed by atoms with E-state index in [0.717, 1.165) is 22.4 Å². The van der Waals surface area contributed by atoms with Gasteiger partial charge < -0.3 is 0 Å². The molecule has 1 heterocycles. The molecule has 0 atom stereocenters. The topological polar surface area (TPSA) is 0 Å². The fraction of sp³-hybridized carbons (Fsp3) is 0.100. The number of hydrogen-bond donors (Lipinski definition) is 0. The van der Waals surface area contributed by atoms with Gasteiger partial charge in [0.25, 0.3) is 0 Å². The molecular weight excluding hydrogens is 911 g/mol. The van der Waals surface area contributed by atoms with Crippen molar-refractivity contribution in [1.29, 1.82) is 0 Å². The molecule has 10 aromatic rings. The Labute approximate surface area is 400 Å². The molecule has 1 aliphatic heterocycles. The molecule has 0 nitrogen and oxygen atoms in total. The summed E-state index contributed by atoms with van der Waals surface area (Å²) in [4.78, 5) is 0. The zero-order chi connectivity index (χ0) is 44.1. The van der Waals surface area contributed by atoms with Gasteiger partial charge in [0, 0.05) is 0 Å². The third-order valence-electron chi connectivity index (χ3n) is 11.7. The van der Waals surface area contributed by atoms with E-state index in [1.54, 1.807) is 0 Å². The first-order valence-corrected chi connectivity index (χ1v) is 29.4. The van der Waals surface area contributed by atoms with Gasteiger partial charge in [-0.25, -0.2) is 0 Å². The third-order valence-corrected chi connectivity index (χ3v) is 13.1. The standard InChI is InChI=1S/2C24H21.C12H7Si.2ClH.Zr/c2*1-2-9-19-12-6-7-14-22(19)23-15-8-13-20-16-21(17-24(20)23)18-10-4-3-5-11-18;1-3-7-11-9(5-1)10-6-2-4-8-12(10)13-11;;;/h2*3-8,10-17H,2,9H2,1H3;1-7H;2*1H;/q3*-1;;;+2/p-2. The van der Waals surface area contributed by atoms with Crippen molar-refractivity contribution >= 4 is 58.5 Å². The van der Waals surface area contributed by atoms with Gasteiger partial charge in [-0.1, -0.05) is 217 Å². The van der Waals surface area contributed by atoms with E-state index in [1.165, 1.54) is 112 Å². The van der Waals surface area contributed by atoms with Crippen molar-refractivity contribution < 1.29 is 20.8 Å². The van der Waals surface area contributed by atoms with Gasteiger partial charge in [0.15, 0.2) is 0 Å². The van der Waals surface area contributed by atoms with Crippen LogP contribution in [0.3, 0.4) is 0 Å². The zero-order valence-electron chi connectivity index (χ0n) is 36.3. The maximum absolute atomic E-state index is 4.93. The Morgan fingerprint density at radius 2 is 0.875 bits per heavy atom. The molecule has 0 bridgehead atoms. The van der Waals surface area contributed by atoms with Crippen molar-refractivity contribution in [1.82, 2.24) is 0 Å². The van der Waals surface area contributed by atoms with Crippen LogP contribution in [0.4, 0.5) is 0 Å². The quantitative estimate of drug-likeness (QED) is 0.105. The van der Waals surface area contributed by atoms with E-state index in [0.29, 0.717) is 0 Å². The molecule has 0 saturated carbocycles. The first-order chi connectivity index (χ1) is 31.6. The smallest absolute Gasteiger partial charge is 0.0920 e. The average molecular weight is 960 g/mol. The molecule has 2 radical (unpaired) electrons. The van der Waals surface area contributed by atoms with Crippen LogP contribution in [0.5, 0.6) is 0 Å². The van der Waals surface area contributed by atoms with Crippen LogP contribution >= 0.6 is 17.0 Å². The van der Waals surface area contributed by atoms with E-state index in [4.69, 9.17) is 17.0 Å². The Morgan fingerprint density at radius 3 is 1.38 bits per heavy atom. The van der Waals surface area contributed by atoms with Crippen molar-refractivity contribution in [3.63, 3.8) is 0 Å². The molecule has 0 aliphatic carbocycles. The maximum Gasteiger partial charge on any atom is 0.0920 e. The average Bonchev–Trinajstić information content (AvgIpc) is 4.10. The Hall–Kier alpha value is -5.34. The predicted octanol–water partition coefficient (Wildman–Crippen LogP) is 16.2. The maximum atomic E-state index is 4.93. The second-order valence-electron chi connectivity index (χ2n) is 15.9. The van der Waals surface area contributed by atoms with Crippen molar-refractivity contribution in [2.75, 3.05) is 0 Å². The minimum Gasteiger partial charge on any atom is -0.184 e. The minimum absolute atomic E-state index is 0.795. The third kappa shape index (κ3) is 10.6. The van der Waals surface area contributed by atoms with Gasteiger partial charge in [0.2, 0.25) is 0 Å². The molecule has 314 valence electrons. The van der Waals surface area contributed by atoms with Crippen molar-refractivity contribution in [3.05, 3.63) is 230 Å². The fourth-order valence-corrected chi connectivity index (χ4v) is 10.1. The summed E-state index contributed by atoms with van der Waals surface area (Å²) >= 11 is -0.826. The number of fused-ring (bicyclic) bond motifs is 5. The number of hydrogen-bond acceptors (Lipinski definition) is 0. The van der Waals surface area contributed by atoms with Gasteiger partial charge in [-0.3, -0.25) is 0 Å². The summed E-state index contributed by atoms with van der Waals surface area (Å²) in [5, 5.41) is 8.15. The van der Waals surface area contributed by atoms with E-state index < -0.39 is 20.8 Å². The zero-order valence-corrected chi connectivity index (χ0v) is 41.3. The molecule has 10 aromatic carbocycles. The molecule has 4 heteroatoms. The summed E-state index contributed by atoms with van der Waals surface area (Å²) in [5.74, 6) is 0. The molecule has 1 aliphatic rings. The van der Waals surface area contributed by atoms with Gasteiger partial charge in [-0.15, -0.1) is 74.6 Å². The van der Waals surface area contributed by atoms with Gasteiger partial charge in [0.05, 0.1) is 9.52 Å². The SMILES string of the molecule is CCCc1ccccc1-c1cccc2[cH-]c(-c3ccccc3)cc12.CCCc1ccccc1-c1cccc2[cH-]c(-c3ccccc3)cc12.[Cl][Zr][Cl].[c-]1cccc2c1[Si]c1ccccc1-2. The monoisotopic (exact) mass is 957 g/mol. The second-order valence-corrected chi connectivity index (χ2v) is 20.9. The molecule has 0 aromatic heterocycles. The van der Waals surface area contributed by atoms with Crippen LogP contribution in [0.25, 0.3) is 77.2 Å². The van der Waals surface area contributed by atoms with Crippen molar-refractivity contribution in [2.24, 2.45) is 0 Å². The fourth-order valence-electron chi connectivity index (χ4n) is 8.80. The van der Waals surface area contributed by atoms with Crippen LogP contribution in [0, 0.1) is 6.07 Å². The van der Waals surface area contributed by atoms with Gasteiger partial charge >= 0.3 is 37.9 Å². The number of rotatable bonds is 8. The Bertz CT molecular complexity index is 2850.